The van der Waals surface area contributed by atoms with E-state index in [1.807, 2.05) is 19.1 Å². The van der Waals surface area contributed by atoms with Gasteiger partial charge in [0.2, 0.25) is 5.91 Å². The molecule has 0 radical (unpaired) electrons. The molecule has 0 aliphatic carbocycles. The zero-order valence-corrected chi connectivity index (χ0v) is 9.16. The number of carbonyl (C=O) groups excluding carboxylic acids is 2. The van der Waals surface area contributed by atoms with Crippen molar-refractivity contribution in [2.45, 2.75) is 19.8 Å². The third-order valence-electron chi connectivity index (χ3n) is 2.65. The number of carbonyl (C=O) groups is 2. The van der Waals surface area contributed by atoms with Crippen LogP contribution >= 0.6 is 0 Å². The Kier molecular flexibility index (Phi) is 4.34. The van der Waals surface area contributed by atoms with E-state index < -0.39 is 0 Å². The van der Waals surface area contributed by atoms with E-state index in [4.69, 9.17) is 0 Å². The number of piperidine rings is 1. The Morgan fingerprint density at radius 3 is 3.00 bits per heavy atom. The molecule has 15 heavy (non-hydrogen) atoms. The molecule has 4 nitrogen and oxygen atoms in total. The molecule has 0 aromatic heterocycles. The van der Waals surface area contributed by atoms with Gasteiger partial charge in [0.25, 0.3) is 0 Å². The van der Waals surface area contributed by atoms with Crippen molar-refractivity contribution >= 4 is 11.9 Å². The van der Waals surface area contributed by atoms with Crippen LogP contribution < -0.4 is 5.32 Å². The number of ether oxygens (including phenoxy) is 1. The monoisotopic (exact) mass is 211 g/mol. The van der Waals surface area contributed by atoms with Crippen LogP contribution in [0.4, 0.5) is 0 Å². The minimum atomic E-state index is -0.236. The highest BCUT2D eigenvalue weighted by Gasteiger charge is 2.32. The molecule has 1 N–H and O–H groups in total. The first-order valence-corrected chi connectivity index (χ1v) is 5.15. The van der Waals surface area contributed by atoms with E-state index in [1.54, 1.807) is 0 Å². The lowest BCUT2D eigenvalue weighted by molar-refractivity contribution is -0.147. The largest absolute Gasteiger partial charge is 0.469 e. The highest BCUT2D eigenvalue weighted by Crippen LogP contribution is 2.21. The predicted molar refractivity (Wildman–Crippen MR) is 56.1 cm³/mol. The van der Waals surface area contributed by atoms with Crippen molar-refractivity contribution in [1.29, 1.82) is 0 Å². The average molecular weight is 211 g/mol. The van der Waals surface area contributed by atoms with Gasteiger partial charge in [0.15, 0.2) is 0 Å². The van der Waals surface area contributed by atoms with Crippen molar-refractivity contribution in [3.05, 3.63) is 12.2 Å². The maximum Gasteiger partial charge on any atom is 0.310 e. The van der Waals surface area contributed by atoms with E-state index in [-0.39, 0.29) is 23.7 Å². The summed E-state index contributed by atoms with van der Waals surface area (Å²) in [6.07, 6.45) is 5.14. The normalized spacial score (nSPS) is 26.4. The van der Waals surface area contributed by atoms with Gasteiger partial charge in [-0.1, -0.05) is 12.2 Å². The Morgan fingerprint density at radius 2 is 2.40 bits per heavy atom. The van der Waals surface area contributed by atoms with Gasteiger partial charge >= 0.3 is 5.97 Å². The number of hydrogen-bond donors (Lipinski definition) is 1. The van der Waals surface area contributed by atoms with Crippen LogP contribution in [0.15, 0.2) is 12.2 Å². The minimum Gasteiger partial charge on any atom is -0.469 e. The highest BCUT2D eigenvalue weighted by molar-refractivity contribution is 5.83. The van der Waals surface area contributed by atoms with Crippen molar-refractivity contribution in [3.8, 4) is 0 Å². The van der Waals surface area contributed by atoms with E-state index in [9.17, 15) is 9.59 Å². The maximum atomic E-state index is 11.5. The van der Waals surface area contributed by atoms with E-state index in [2.05, 4.69) is 10.1 Å². The lowest BCUT2D eigenvalue weighted by atomic mass is 9.87. The first-order valence-electron chi connectivity index (χ1n) is 5.15. The molecule has 0 aromatic carbocycles. The van der Waals surface area contributed by atoms with Gasteiger partial charge in [-0.2, -0.15) is 0 Å². The SMILES string of the molecule is C/C=C/CC1CC(C(=O)OC)CNC1=O. The summed E-state index contributed by atoms with van der Waals surface area (Å²) in [7, 11) is 1.37. The Bertz CT molecular complexity index is 273. The summed E-state index contributed by atoms with van der Waals surface area (Å²) in [5.74, 6) is -0.490. The highest BCUT2D eigenvalue weighted by atomic mass is 16.5. The molecule has 84 valence electrons. The molecule has 0 aromatic rings. The minimum absolute atomic E-state index is 0.0354. The Morgan fingerprint density at radius 1 is 1.67 bits per heavy atom. The van der Waals surface area contributed by atoms with E-state index in [1.165, 1.54) is 7.11 Å². The smallest absolute Gasteiger partial charge is 0.310 e. The molecule has 1 rings (SSSR count). The van der Waals surface area contributed by atoms with E-state index in [0.717, 1.165) is 0 Å². The van der Waals surface area contributed by atoms with Crippen LogP contribution in [0.25, 0.3) is 0 Å². The Labute approximate surface area is 89.7 Å². The molecule has 2 atom stereocenters. The van der Waals surface area contributed by atoms with Gasteiger partial charge in [0, 0.05) is 12.5 Å². The molecule has 0 spiro atoms. The lowest BCUT2D eigenvalue weighted by Gasteiger charge is -2.26. The van der Waals surface area contributed by atoms with Crippen LogP contribution in [-0.4, -0.2) is 25.5 Å². The summed E-state index contributed by atoms with van der Waals surface area (Å²) >= 11 is 0. The van der Waals surface area contributed by atoms with Crippen molar-refractivity contribution in [2.75, 3.05) is 13.7 Å². The average Bonchev–Trinajstić information content (AvgIpc) is 2.27. The Hall–Kier alpha value is -1.32. The molecule has 1 heterocycles. The number of amides is 1. The third-order valence-corrected chi connectivity index (χ3v) is 2.65. The molecule has 0 bridgehead atoms. The maximum absolute atomic E-state index is 11.5. The summed E-state index contributed by atoms with van der Waals surface area (Å²) in [5.41, 5.74) is 0. The zero-order chi connectivity index (χ0) is 11.3. The van der Waals surface area contributed by atoms with Gasteiger partial charge in [0.05, 0.1) is 13.0 Å². The van der Waals surface area contributed by atoms with Gasteiger partial charge in [-0.15, -0.1) is 0 Å². The van der Waals surface area contributed by atoms with Crippen LogP contribution in [0.3, 0.4) is 0 Å². The molecule has 1 saturated heterocycles. The quantitative estimate of drug-likeness (QED) is 0.557. The number of allylic oxidation sites excluding steroid dienone is 2. The van der Waals surface area contributed by atoms with Gasteiger partial charge in [-0.25, -0.2) is 0 Å². The first-order chi connectivity index (χ1) is 7.19. The lowest BCUT2D eigenvalue weighted by Crippen LogP contribution is -2.44. The summed E-state index contributed by atoms with van der Waals surface area (Å²) in [5, 5.41) is 2.73. The number of methoxy groups -OCH3 is 1. The summed E-state index contributed by atoms with van der Waals surface area (Å²) in [6.45, 7) is 2.32. The number of nitrogens with one attached hydrogen (secondary N) is 1. The van der Waals surface area contributed by atoms with E-state index >= 15 is 0 Å². The molecular weight excluding hydrogens is 194 g/mol. The second kappa shape index (κ2) is 5.53. The molecule has 1 amide bonds. The van der Waals surface area contributed by atoms with Gasteiger partial charge in [-0.3, -0.25) is 9.59 Å². The number of esters is 1. The fourth-order valence-corrected chi connectivity index (χ4v) is 1.75. The molecule has 1 aliphatic rings. The van der Waals surface area contributed by atoms with Gasteiger partial charge < -0.3 is 10.1 Å². The fourth-order valence-electron chi connectivity index (χ4n) is 1.75. The first kappa shape index (κ1) is 11.8. The number of rotatable bonds is 3. The Balaban J connectivity index is 2.55. The second-order valence-corrected chi connectivity index (χ2v) is 3.70. The van der Waals surface area contributed by atoms with Gasteiger partial charge in [-0.05, 0) is 19.8 Å². The van der Waals surface area contributed by atoms with Crippen molar-refractivity contribution in [3.63, 3.8) is 0 Å². The van der Waals surface area contributed by atoms with Crippen molar-refractivity contribution < 1.29 is 14.3 Å². The van der Waals surface area contributed by atoms with Crippen LogP contribution in [-0.2, 0) is 14.3 Å². The topological polar surface area (TPSA) is 55.4 Å². The van der Waals surface area contributed by atoms with Crippen molar-refractivity contribution in [2.24, 2.45) is 11.8 Å². The molecular formula is C11H17NO3. The van der Waals surface area contributed by atoms with Crippen LogP contribution in [0.2, 0.25) is 0 Å². The fraction of sp³-hybridized carbons (Fsp3) is 0.636. The summed E-state index contributed by atoms with van der Waals surface area (Å²) in [4.78, 5) is 22.8. The van der Waals surface area contributed by atoms with Crippen molar-refractivity contribution in [1.82, 2.24) is 5.32 Å². The zero-order valence-electron chi connectivity index (χ0n) is 9.16. The molecule has 4 heteroatoms. The van der Waals surface area contributed by atoms with Gasteiger partial charge in [0.1, 0.15) is 0 Å². The molecule has 0 saturated carbocycles. The second-order valence-electron chi connectivity index (χ2n) is 3.70. The summed E-state index contributed by atoms with van der Waals surface area (Å²) < 4.78 is 4.67. The third kappa shape index (κ3) is 3.08. The summed E-state index contributed by atoms with van der Waals surface area (Å²) in [6, 6.07) is 0. The van der Waals surface area contributed by atoms with Crippen LogP contribution in [0.5, 0.6) is 0 Å². The van der Waals surface area contributed by atoms with E-state index in [0.29, 0.717) is 19.4 Å². The molecule has 1 aliphatic heterocycles. The molecule has 1 fully saturated rings. The van der Waals surface area contributed by atoms with Crippen LogP contribution in [0.1, 0.15) is 19.8 Å². The van der Waals surface area contributed by atoms with Crippen LogP contribution in [0, 0.1) is 11.8 Å². The predicted octanol–water partition coefficient (Wildman–Crippen LogP) is 0.878. The standard InChI is InChI=1S/C11H17NO3/c1-3-4-5-8-6-9(11(14)15-2)7-12-10(8)13/h3-4,8-9H,5-7H2,1-2H3,(H,12,13)/b4-3+. The molecule has 2 unspecified atom stereocenters. The number of hydrogen-bond acceptors (Lipinski definition) is 3.